The molecule has 0 heterocycles. The number of hydrogen-bond acceptors (Lipinski definition) is 6. The van der Waals surface area contributed by atoms with Crippen LogP contribution in [-0.2, 0) is 14.8 Å². The highest BCUT2D eigenvalue weighted by molar-refractivity contribution is 7.92. The fraction of sp³-hybridized carbons (Fsp3) is 0.381. The number of rotatable bonds is 9. The number of carbonyl (C=O) groups excluding carboxylic acids is 1. The van der Waals surface area contributed by atoms with Gasteiger partial charge in [0.25, 0.3) is 10.0 Å². The Hall–Kier alpha value is -2.74. The lowest BCUT2D eigenvalue weighted by Gasteiger charge is -2.18. The number of methoxy groups -OCH3 is 1. The SMILES string of the molecule is CC[C@H](C)Nc1ccc(C(=O)OC(C)C)cc1S(=O)(=O)Nc1ccc(OC)cc1. The van der Waals surface area contributed by atoms with Crippen LogP contribution in [0.3, 0.4) is 0 Å². The van der Waals surface area contributed by atoms with Crippen molar-refractivity contribution in [3.8, 4) is 5.75 Å². The molecule has 0 unspecified atom stereocenters. The first-order valence-electron chi connectivity index (χ1n) is 9.44. The molecule has 8 heteroatoms. The summed E-state index contributed by atoms with van der Waals surface area (Å²) >= 11 is 0. The van der Waals surface area contributed by atoms with Gasteiger partial charge in [0.15, 0.2) is 0 Å². The molecule has 1 atom stereocenters. The minimum atomic E-state index is -3.96. The molecule has 0 aromatic heterocycles. The summed E-state index contributed by atoms with van der Waals surface area (Å²) < 4.78 is 39.1. The second kappa shape index (κ2) is 9.65. The minimum Gasteiger partial charge on any atom is -0.497 e. The molecule has 0 radical (unpaired) electrons. The van der Waals surface area contributed by atoms with Crippen LogP contribution < -0.4 is 14.8 Å². The number of carbonyl (C=O) groups is 1. The van der Waals surface area contributed by atoms with Crippen LogP contribution in [0.15, 0.2) is 47.4 Å². The van der Waals surface area contributed by atoms with Crippen molar-refractivity contribution >= 4 is 27.4 Å². The Bertz CT molecular complexity index is 940. The molecular weight excluding hydrogens is 392 g/mol. The van der Waals surface area contributed by atoms with E-state index >= 15 is 0 Å². The maximum Gasteiger partial charge on any atom is 0.338 e. The van der Waals surface area contributed by atoms with Gasteiger partial charge >= 0.3 is 5.97 Å². The molecule has 0 saturated heterocycles. The van der Waals surface area contributed by atoms with Crippen LogP contribution >= 0.6 is 0 Å². The highest BCUT2D eigenvalue weighted by Gasteiger charge is 2.23. The van der Waals surface area contributed by atoms with E-state index in [-0.39, 0.29) is 22.6 Å². The number of anilines is 2. The molecule has 29 heavy (non-hydrogen) atoms. The van der Waals surface area contributed by atoms with E-state index in [1.54, 1.807) is 50.2 Å². The topological polar surface area (TPSA) is 93.7 Å². The molecular formula is C21H28N2O5S. The van der Waals surface area contributed by atoms with E-state index in [1.165, 1.54) is 13.2 Å². The smallest absolute Gasteiger partial charge is 0.338 e. The Labute approximate surface area is 172 Å². The molecule has 2 N–H and O–H groups in total. The molecule has 2 aromatic carbocycles. The van der Waals surface area contributed by atoms with Crippen LogP contribution in [0.25, 0.3) is 0 Å². The van der Waals surface area contributed by atoms with Gasteiger partial charge in [-0.2, -0.15) is 0 Å². The summed E-state index contributed by atoms with van der Waals surface area (Å²) in [7, 11) is -2.43. The molecule has 0 aliphatic carbocycles. The van der Waals surface area contributed by atoms with E-state index < -0.39 is 16.0 Å². The zero-order valence-corrected chi connectivity index (χ0v) is 18.2. The summed E-state index contributed by atoms with van der Waals surface area (Å²) in [4.78, 5) is 12.3. The van der Waals surface area contributed by atoms with E-state index in [2.05, 4.69) is 10.0 Å². The van der Waals surface area contributed by atoms with Crippen molar-refractivity contribution in [3.63, 3.8) is 0 Å². The number of esters is 1. The number of hydrogen-bond donors (Lipinski definition) is 2. The van der Waals surface area contributed by atoms with Crippen LogP contribution in [-0.4, -0.2) is 33.6 Å². The van der Waals surface area contributed by atoms with E-state index in [0.717, 1.165) is 6.42 Å². The lowest BCUT2D eigenvalue weighted by atomic mass is 10.2. The maximum atomic E-state index is 13.1. The van der Waals surface area contributed by atoms with E-state index in [1.807, 2.05) is 13.8 Å². The first kappa shape index (κ1) is 22.5. The van der Waals surface area contributed by atoms with Gasteiger partial charge in [0.1, 0.15) is 10.6 Å². The predicted molar refractivity (Wildman–Crippen MR) is 114 cm³/mol. The van der Waals surface area contributed by atoms with E-state index in [4.69, 9.17) is 9.47 Å². The van der Waals surface area contributed by atoms with Gasteiger partial charge in [-0.1, -0.05) is 6.92 Å². The standard InChI is InChI=1S/C21H28N2O5S/c1-6-15(4)22-19-12-7-16(21(24)28-14(2)3)13-20(19)29(25,26)23-17-8-10-18(27-5)11-9-17/h7-15,22-23H,6H2,1-5H3/t15-/m0/s1. The van der Waals surface area contributed by atoms with Crippen LogP contribution in [0.1, 0.15) is 44.5 Å². The Kier molecular flexibility index (Phi) is 7.50. The summed E-state index contributed by atoms with van der Waals surface area (Å²) in [6, 6.07) is 11.1. The molecule has 158 valence electrons. The van der Waals surface area contributed by atoms with Gasteiger partial charge in [0, 0.05) is 11.7 Å². The van der Waals surface area contributed by atoms with E-state index in [0.29, 0.717) is 17.1 Å². The molecule has 7 nitrogen and oxygen atoms in total. The average Bonchev–Trinajstić information content (AvgIpc) is 2.67. The monoisotopic (exact) mass is 420 g/mol. The molecule has 0 bridgehead atoms. The summed E-state index contributed by atoms with van der Waals surface area (Å²) in [5.74, 6) is 0.0430. The largest absolute Gasteiger partial charge is 0.497 e. The molecule has 0 fully saturated rings. The first-order chi connectivity index (χ1) is 13.7. The molecule has 2 rings (SSSR count). The lowest BCUT2D eigenvalue weighted by molar-refractivity contribution is 0.0377. The molecule has 0 amide bonds. The highest BCUT2D eigenvalue weighted by Crippen LogP contribution is 2.27. The van der Waals surface area contributed by atoms with Crippen molar-refractivity contribution in [2.45, 2.75) is 51.2 Å². The van der Waals surface area contributed by atoms with Crippen molar-refractivity contribution in [1.29, 1.82) is 0 Å². The van der Waals surface area contributed by atoms with Crippen LogP contribution in [0, 0.1) is 0 Å². The Morgan fingerprint density at radius 3 is 2.28 bits per heavy atom. The number of ether oxygens (including phenoxy) is 2. The van der Waals surface area contributed by atoms with Gasteiger partial charge in [0.2, 0.25) is 0 Å². The highest BCUT2D eigenvalue weighted by atomic mass is 32.2. The number of sulfonamides is 1. The van der Waals surface area contributed by atoms with Gasteiger partial charge in [-0.25, -0.2) is 13.2 Å². The predicted octanol–water partition coefficient (Wildman–Crippen LogP) is 4.27. The van der Waals surface area contributed by atoms with Crippen molar-refractivity contribution in [2.75, 3.05) is 17.1 Å². The van der Waals surface area contributed by atoms with E-state index in [9.17, 15) is 13.2 Å². The fourth-order valence-corrected chi connectivity index (χ4v) is 3.76. The zero-order valence-electron chi connectivity index (χ0n) is 17.4. The summed E-state index contributed by atoms with van der Waals surface area (Å²) in [5.41, 5.74) is 0.973. The second-order valence-corrected chi connectivity index (χ2v) is 8.60. The van der Waals surface area contributed by atoms with Crippen molar-refractivity contribution in [1.82, 2.24) is 0 Å². The normalized spacial score (nSPS) is 12.3. The maximum absolute atomic E-state index is 13.1. The summed E-state index contributed by atoms with van der Waals surface area (Å²) in [6.07, 6.45) is 0.501. The van der Waals surface area contributed by atoms with Crippen LogP contribution in [0.2, 0.25) is 0 Å². The van der Waals surface area contributed by atoms with Gasteiger partial charge in [-0.05, 0) is 69.7 Å². The lowest BCUT2D eigenvalue weighted by Crippen LogP contribution is -2.20. The van der Waals surface area contributed by atoms with Gasteiger partial charge in [0.05, 0.1) is 24.5 Å². The third kappa shape index (κ3) is 6.12. The second-order valence-electron chi connectivity index (χ2n) is 6.95. The molecule has 0 aliphatic rings. The Morgan fingerprint density at radius 1 is 1.07 bits per heavy atom. The van der Waals surface area contributed by atoms with Crippen molar-refractivity contribution in [2.24, 2.45) is 0 Å². The van der Waals surface area contributed by atoms with Crippen LogP contribution in [0.5, 0.6) is 5.75 Å². The Morgan fingerprint density at radius 2 is 1.72 bits per heavy atom. The number of nitrogens with one attached hydrogen (secondary N) is 2. The molecule has 0 saturated carbocycles. The van der Waals surface area contributed by atoms with Gasteiger partial charge < -0.3 is 14.8 Å². The van der Waals surface area contributed by atoms with Gasteiger partial charge in [-0.3, -0.25) is 4.72 Å². The van der Waals surface area contributed by atoms with Crippen molar-refractivity contribution < 1.29 is 22.7 Å². The Balaban J connectivity index is 2.44. The quantitative estimate of drug-likeness (QED) is 0.589. The van der Waals surface area contributed by atoms with Crippen LogP contribution in [0.4, 0.5) is 11.4 Å². The molecule has 0 spiro atoms. The summed E-state index contributed by atoms with van der Waals surface area (Å²) in [6.45, 7) is 7.42. The third-order valence-corrected chi connectivity index (χ3v) is 5.63. The average molecular weight is 421 g/mol. The first-order valence-corrected chi connectivity index (χ1v) is 10.9. The van der Waals surface area contributed by atoms with Crippen molar-refractivity contribution in [3.05, 3.63) is 48.0 Å². The third-order valence-electron chi connectivity index (χ3n) is 4.21. The summed E-state index contributed by atoms with van der Waals surface area (Å²) in [5, 5.41) is 3.19. The zero-order chi connectivity index (χ0) is 21.6. The number of benzene rings is 2. The molecule has 0 aliphatic heterocycles. The minimum absolute atomic E-state index is 0.0215. The van der Waals surface area contributed by atoms with Gasteiger partial charge in [-0.15, -0.1) is 0 Å². The fourth-order valence-electron chi connectivity index (χ4n) is 2.51. The molecule has 2 aromatic rings.